The minimum atomic E-state index is 0.927. The fraction of sp³-hybridized carbons (Fsp3) is 0. The minimum absolute atomic E-state index is 0.927. The monoisotopic (exact) mass is 637 g/mol. The van der Waals surface area contributed by atoms with Crippen LogP contribution >= 0.6 is 0 Å². The number of pyridine rings is 1. The molecule has 10 rings (SSSR count). The molecule has 0 saturated carbocycles. The summed E-state index contributed by atoms with van der Waals surface area (Å²) in [6.45, 7) is 0. The summed E-state index contributed by atoms with van der Waals surface area (Å²) < 4.78 is 4.78. The number of nitrogens with zero attached hydrogens (tertiary/aromatic N) is 3. The van der Waals surface area contributed by atoms with Crippen LogP contribution < -0.4 is 0 Å². The molecule has 0 N–H and O–H groups in total. The van der Waals surface area contributed by atoms with E-state index < -0.39 is 0 Å². The Morgan fingerprint density at radius 3 is 1.06 bits per heavy atom. The molecule has 0 fully saturated rings. The van der Waals surface area contributed by atoms with Gasteiger partial charge in [0, 0.05) is 32.7 Å². The third-order valence-corrected chi connectivity index (χ3v) is 9.93. The van der Waals surface area contributed by atoms with E-state index in [4.69, 9.17) is 4.98 Å². The van der Waals surface area contributed by atoms with Crippen LogP contribution in [0.5, 0.6) is 0 Å². The van der Waals surface area contributed by atoms with Crippen LogP contribution in [-0.4, -0.2) is 14.1 Å². The molecular weight excluding hydrogens is 607 g/mol. The maximum atomic E-state index is 5.53. The number of benzene rings is 7. The van der Waals surface area contributed by atoms with E-state index in [-0.39, 0.29) is 0 Å². The van der Waals surface area contributed by atoms with Crippen molar-refractivity contribution in [2.24, 2.45) is 0 Å². The van der Waals surface area contributed by atoms with Crippen molar-refractivity contribution in [2.75, 3.05) is 0 Å². The Morgan fingerprint density at radius 1 is 0.300 bits per heavy atom. The summed E-state index contributed by atoms with van der Waals surface area (Å²) in [5.74, 6) is 0. The number of hydrogen-bond acceptors (Lipinski definition) is 1. The highest BCUT2D eigenvalue weighted by Crippen LogP contribution is 2.40. The molecule has 0 spiro atoms. The largest absolute Gasteiger partial charge is 0.309 e. The second-order valence-corrected chi connectivity index (χ2v) is 12.8. The lowest BCUT2D eigenvalue weighted by molar-refractivity contribution is 1.16. The zero-order valence-electron chi connectivity index (χ0n) is 27.2. The lowest BCUT2D eigenvalue weighted by Gasteiger charge is -2.17. The Bertz CT molecular complexity index is 2590. The van der Waals surface area contributed by atoms with Gasteiger partial charge in [0.1, 0.15) is 0 Å². The predicted octanol–water partition coefficient (Wildman–Crippen LogP) is 12.3. The van der Waals surface area contributed by atoms with Crippen LogP contribution in [0.1, 0.15) is 0 Å². The summed E-state index contributed by atoms with van der Waals surface area (Å²) in [4.78, 5) is 5.53. The third-order valence-electron chi connectivity index (χ3n) is 9.93. The Hall–Kier alpha value is -6.71. The number of aromatic nitrogens is 3. The molecule has 50 heavy (non-hydrogen) atoms. The fourth-order valence-electron chi connectivity index (χ4n) is 7.74. The zero-order valence-corrected chi connectivity index (χ0v) is 27.2. The molecule has 3 heterocycles. The number of hydrogen-bond donors (Lipinski definition) is 0. The maximum absolute atomic E-state index is 5.53. The van der Waals surface area contributed by atoms with Crippen molar-refractivity contribution in [3.63, 3.8) is 0 Å². The van der Waals surface area contributed by atoms with Crippen molar-refractivity contribution in [1.82, 2.24) is 14.1 Å². The lowest BCUT2D eigenvalue weighted by atomic mass is 9.98. The van der Waals surface area contributed by atoms with Crippen LogP contribution in [0.15, 0.2) is 188 Å². The van der Waals surface area contributed by atoms with Crippen LogP contribution in [0.25, 0.3) is 88.6 Å². The average Bonchev–Trinajstić information content (AvgIpc) is 3.71. The molecule has 0 atom stereocenters. The average molecular weight is 638 g/mol. The van der Waals surface area contributed by atoms with Gasteiger partial charge in [-0.25, -0.2) is 4.98 Å². The molecule has 0 unspecified atom stereocenters. The maximum Gasteiger partial charge on any atom is 0.0736 e. The Morgan fingerprint density at radius 2 is 0.640 bits per heavy atom. The fourth-order valence-corrected chi connectivity index (χ4v) is 7.74. The molecule has 3 aromatic heterocycles. The van der Waals surface area contributed by atoms with Crippen LogP contribution in [0, 0.1) is 0 Å². The van der Waals surface area contributed by atoms with Crippen LogP contribution in [0.4, 0.5) is 0 Å². The van der Waals surface area contributed by atoms with Gasteiger partial charge in [0.15, 0.2) is 0 Å². The van der Waals surface area contributed by atoms with E-state index in [0.717, 1.165) is 45.0 Å². The van der Waals surface area contributed by atoms with Crippen molar-refractivity contribution in [2.45, 2.75) is 0 Å². The second kappa shape index (κ2) is 11.5. The molecule has 3 heteroatoms. The van der Waals surface area contributed by atoms with E-state index >= 15 is 0 Å². The highest BCUT2D eigenvalue weighted by molar-refractivity contribution is 6.11. The minimum Gasteiger partial charge on any atom is -0.309 e. The molecule has 0 bridgehead atoms. The SMILES string of the molecule is c1ccc(-c2cc(-c3ccccc3-n3c4ccccc4c4ccccc43)nc(-c3ccccc3-n3c4ccccc4c4ccccc43)c2)cc1. The van der Waals surface area contributed by atoms with Gasteiger partial charge in [-0.15, -0.1) is 0 Å². The van der Waals surface area contributed by atoms with Gasteiger partial charge in [-0.05, 0) is 59.7 Å². The molecule has 0 radical (unpaired) electrons. The first-order chi connectivity index (χ1) is 24.8. The Labute approximate surface area is 290 Å². The quantitative estimate of drug-likeness (QED) is 0.184. The highest BCUT2D eigenvalue weighted by atomic mass is 15.0. The van der Waals surface area contributed by atoms with Gasteiger partial charge in [0.05, 0.1) is 44.8 Å². The van der Waals surface area contributed by atoms with Crippen LogP contribution in [0.3, 0.4) is 0 Å². The van der Waals surface area contributed by atoms with Gasteiger partial charge < -0.3 is 9.13 Å². The predicted molar refractivity (Wildman–Crippen MR) is 209 cm³/mol. The van der Waals surface area contributed by atoms with Gasteiger partial charge in [-0.1, -0.05) is 140 Å². The molecule has 3 nitrogen and oxygen atoms in total. The van der Waals surface area contributed by atoms with Gasteiger partial charge in [0.25, 0.3) is 0 Å². The number of fused-ring (bicyclic) bond motifs is 6. The summed E-state index contributed by atoms with van der Waals surface area (Å²) in [6.07, 6.45) is 0. The standard InChI is InChI=1S/C47H31N3/c1-2-16-32(17-3-1)33-30-40(38-22-8-14-28-46(38)49-42-24-10-4-18-34(42)35-19-5-11-25-43(35)49)48-41(31-33)39-23-9-15-29-47(39)50-44-26-12-6-20-36(44)37-21-7-13-27-45(37)50/h1-31H. The van der Waals surface area contributed by atoms with E-state index in [1.54, 1.807) is 0 Å². The van der Waals surface area contributed by atoms with E-state index in [2.05, 4.69) is 197 Å². The number of rotatable bonds is 5. The molecule has 0 amide bonds. The highest BCUT2D eigenvalue weighted by Gasteiger charge is 2.20. The van der Waals surface area contributed by atoms with E-state index in [9.17, 15) is 0 Å². The summed E-state index contributed by atoms with van der Waals surface area (Å²) >= 11 is 0. The van der Waals surface area contributed by atoms with Gasteiger partial charge in [0.2, 0.25) is 0 Å². The van der Waals surface area contributed by atoms with Crippen LogP contribution in [-0.2, 0) is 0 Å². The molecule has 7 aromatic carbocycles. The molecular formula is C47H31N3. The summed E-state index contributed by atoms with van der Waals surface area (Å²) in [5.41, 5.74) is 13.2. The van der Waals surface area contributed by atoms with Crippen molar-refractivity contribution in [1.29, 1.82) is 0 Å². The first-order valence-corrected chi connectivity index (χ1v) is 17.1. The van der Waals surface area contributed by atoms with Gasteiger partial charge in [-0.3, -0.25) is 0 Å². The van der Waals surface area contributed by atoms with Crippen molar-refractivity contribution < 1.29 is 0 Å². The first kappa shape index (κ1) is 28.3. The molecule has 0 aliphatic heterocycles. The van der Waals surface area contributed by atoms with Crippen molar-refractivity contribution in [3.05, 3.63) is 188 Å². The summed E-state index contributed by atoms with van der Waals surface area (Å²) in [6, 6.07) is 67.2. The smallest absolute Gasteiger partial charge is 0.0736 e. The van der Waals surface area contributed by atoms with Gasteiger partial charge >= 0.3 is 0 Å². The Kier molecular flexibility index (Phi) is 6.49. The van der Waals surface area contributed by atoms with E-state index in [1.165, 1.54) is 43.6 Å². The third kappa shape index (κ3) is 4.41. The summed E-state index contributed by atoms with van der Waals surface area (Å²) in [7, 11) is 0. The number of para-hydroxylation sites is 6. The van der Waals surface area contributed by atoms with Crippen molar-refractivity contribution >= 4 is 43.6 Å². The van der Waals surface area contributed by atoms with E-state index in [1.807, 2.05) is 0 Å². The van der Waals surface area contributed by atoms with E-state index in [0.29, 0.717) is 0 Å². The molecule has 0 saturated heterocycles. The Balaban J connectivity index is 1.25. The molecule has 10 aromatic rings. The summed E-state index contributed by atoms with van der Waals surface area (Å²) in [5, 5.41) is 4.96. The van der Waals surface area contributed by atoms with Gasteiger partial charge in [-0.2, -0.15) is 0 Å². The molecule has 0 aliphatic rings. The lowest BCUT2D eigenvalue weighted by Crippen LogP contribution is -2.01. The first-order valence-electron chi connectivity index (χ1n) is 17.1. The molecule has 0 aliphatic carbocycles. The van der Waals surface area contributed by atoms with Crippen molar-refractivity contribution in [3.8, 4) is 45.0 Å². The topological polar surface area (TPSA) is 22.8 Å². The second-order valence-electron chi connectivity index (χ2n) is 12.8. The molecule has 234 valence electrons. The zero-order chi connectivity index (χ0) is 33.0. The normalized spacial score (nSPS) is 11.6. The van der Waals surface area contributed by atoms with Crippen LogP contribution in [0.2, 0.25) is 0 Å².